The number of amides is 1. The SMILES string of the molecule is Cc1ccc(CNC(=O)c2ccc(N3CC(C)OC(C)C3)nc2)n1C. The van der Waals surface area contributed by atoms with Crippen LogP contribution >= 0.6 is 0 Å². The second-order valence-corrected chi connectivity index (χ2v) is 6.78. The van der Waals surface area contributed by atoms with Crippen molar-refractivity contribution in [2.24, 2.45) is 7.05 Å². The predicted octanol–water partition coefficient (Wildman–Crippen LogP) is 2.27. The molecule has 3 rings (SSSR count). The zero-order valence-corrected chi connectivity index (χ0v) is 15.3. The molecule has 134 valence electrons. The van der Waals surface area contributed by atoms with E-state index in [0.29, 0.717) is 12.1 Å². The Morgan fingerprint density at radius 2 is 1.96 bits per heavy atom. The van der Waals surface area contributed by atoms with Crippen molar-refractivity contribution >= 4 is 11.7 Å². The van der Waals surface area contributed by atoms with Crippen LogP contribution in [0.25, 0.3) is 0 Å². The fraction of sp³-hybridized carbons (Fsp3) is 0.474. The number of pyridine rings is 1. The summed E-state index contributed by atoms with van der Waals surface area (Å²) in [5.74, 6) is 0.776. The van der Waals surface area contributed by atoms with Gasteiger partial charge in [-0.1, -0.05) is 0 Å². The van der Waals surface area contributed by atoms with E-state index in [0.717, 1.165) is 24.6 Å². The summed E-state index contributed by atoms with van der Waals surface area (Å²) in [6, 6.07) is 7.81. The molecule has 2 unspecified atom stereocenters. The van der Waals surface area contributed by atoms with Crippen molar-refractivity contribution in [3.8, 4) is 0 Å². The smallest absolute Gasteiger partial charge is 0.253 e. The molecule has 0 aliphatic carbocycles. The van der Waals surface area contributed by atoms with Crippen molar-refractivity contribution in [3.05, 3.63) is 47.4 Å². The second-order valence-electron chi connectivity index (χ2n) is 6.78. The quantitative estimate of drug-likeness (QED) is 0.926. The van der Waals surface area contributed by atoms with Crippen LogP contribution in [0.4, 0.5) is 5.82 Å². The van der Waals surface area contributed by atoms with Gasteiger partial charge in [-0.25, -0.2) is 4.98 Å². The topological polar surface area (TPSA) is 59.4 Å². The van der Waals surface area contributed by atoms with Crippen LogP contribution in [0.2, 0.25) is 0 Å². The Morgan fingerprint density at radius 3 is 2.52 bits per heavy atom. The summed E-state index contributed by atoms with van der Waals surface area (Å²) in [6.07, 6.45) is 2.01. The summed E-state index contributed by atoms with van der Waals surface area (Å²) in [5, 5.41) is 2.95. The number of rotatable bonds is 4. The highest BCUT2D eigenvalue weighted by Gasteiger charge is 2.23. The van der Waals surface area contributed by atoms with Gasteiger partial charge >= 0.3 is 0 Å². The first kappa shape index (κ1) is 17.5. The molecule has 1 aliphatic heterocycles. The van der Waals surface area contributed by atoms with E-state index in [1.54, 1.807) is 6.20 Å². The number of hydrogen-bond donors (Lipinski definition) is 1. The summed E-state index contributed by atoms with van der Waals surface area (Å²) in [6.45, 7) is 8.31. The first-order valence-corrected chi connectivity index (χ1v) is 8.70. The maximum absolute atomic E-state index is 12.3. The van der Waals surface area contributed by atoms with Gasteiger partial charge in [-0.05, 0) is 45.0 Å². The number of hydrogen-bond acceptors (Lipinski definition) is 4. The van der Waals surface area contributed by atoms with Crippen molar-refractivity contribution in [3.63, 3.8) is 0 Å². The van der Waals surface area contributed by atoms with Gasteiger partial charge in [0.25, 0.3) is 5.91 Å². The Morgan fingerprint density at radius 1 is 1.24 bits per heavy atom. The molecule has 6 heteroatoms. The van der Waals surface area contributed by atoms with Crippen molar-refractivity contribution in [1.29, 1.82) is 0 Å². The van der Waals surface area contributed by atoms with E-state index < -0.39 is 0 Å². The van der Waals surface area contributed by atoms with Crippen LogP contribution in [-0.4, -0.2) is 40.8 Å². The lowest BCUT2D eigenvalue weighted by atomic mass is 10.2. The average Bonchev–Trinajstić information content (AvgIpc) is 2.91. The number of nitrogens with one attached hydrogen (secondary N) is 1. The van der Waals surface area contributed by atoms with E-state index in [1.807, 2.05) is 38.2 Å². The van der Waals surface area contributed by atoms with Gasteiger partial charge in [0.1, 0.15) is 5.82 Å². The third kappa shape index (κ3) is 4.02. The largest absolute Gasteiger partial charge is 0.372 e. The number of ether oxygens (including phenoxy) is 1. The van der Waals surface area contributed by atoms with Crippen molar-refractivity contribution < 1.29 is 9.53 Å². The van der Waals surface area contributed by atoms with Crippen LogP contribution in [0, 0.1) is 6.92 Å². The summed E-state index contributed by atoms with van der Waals surface area (Å²) in [4.78, 5) is 19.0. The molecular weight excluding hydrogens is 316 g/mol. The van der Waals surface area contributed by atoms with Crippen LogP contribution in [0.15, 0.2) is 30.5 Å². The highest BCUT2D eigenvalue weighted by Crippen LogP contribution is 2.18. The average molecular weight is 342 g/mol. The minimum absolute atomic E-state index is 0.110. The third-order valence-electron chi connectivity index (χ3n) is 4.66. The van der Waals surface area contributed by atoms with Gasteiger partial charge in [0, 0.05) is 37.7 Å². The Kier molecular flexibility index (Phi) is 5.08. The molecule has 1 amide bonds. The second kappa shape index (κ2) is 7.27. The molecule has 1 saturated heterocycles. The van der Waals surface area contributed by atoms with Gasteiger partial charge in [-0.15, -0.1) is 0 Å². The molecule has 0 spiro atoms. The standard InChI is InChI=1S/C19H26N4O2/c1-13-5-7-17(22(13)4)10-21-19(24)16-6-8-18(20-9-16)23-11-14(2)25-15(3)12-23/h5-9,14-15H,10-12H2,1-4H3,(H,21,24). The minimum atomic E-state index is -0.110. The summed E-state index contributed by atoms with van der Waals surface area (Å²) < 4.78 is 7.82. The van der Waals surface area contributed by atoms with Crippen LogP contribution in [0.5, 0.6) is 0 Å². The van der Waals surface area contributed by atoms with Crippen LogP contribution in [-0.2, 0) is 18.3 Å². The molecule has 0 bridgehead atoms. The normalized spacial score (nSPS) is 20.6. The zero-order valence-electron chi connectivity index (χ0n) is 15.3. The van der Waals surface area contributed by atoms with Crippen molar-refractivity contribution in [2.45, 2.75) is 39.5 Å². The van der Waals surface area contributed by atoms with Gasteiger partial charge in [0.15, 0.2) is 0 Å². The first-order valence-electron chi connectivity index (χ1n) is 8.70. The number of aryl methyl sites for hydroxylation is 1. The lowest BCUT2D eigenvalue weighted by Gasteiger charge is -2.36. The number of morpholine rings is 1. The highest BCUT2D eigenvalue weighted by atomic mass is 16.5. The lowest BCUT2D eigenvalue weighted by molar-refractivity contribution is -0.00546. The molecule has 1 fully saturated rings. The lowest BCUT2D eigenvalue weighted by Crippen LogP contribution is -2.45. The van der Waals surface area contributed by atoms with E-state index in [2.05, 4.69) is 33.6 Å². The van der Waals surface area contributed by atoms with Gasteiger partial charge in [-0.3, -0.25) is 4.79 Å². The molecule has 1 aliphatic rings. The summed E-state index contributed by atoms with van der Waals surface area (Å²) in [5.41, 5.74) is 2.82. The van der Waals surface area contributed by atoms with E-state index >= 15 is 0 Å². The number of aromatic nitrogens is 2. The van der Waals surface area contributed by atoms with E-state index in [-0.39, 0.29) is 18.1 Å². The molecule has 3 heterocycles. The Bertz CT molecular complexity index is 728. The van der Waals surface area contributed by atoms with Gasteiger partial charge in [-0.2, -0.15) is 0 Å². The monoisotopic (exact) mass is 342 g/mol. The molecule has 2 atom stereocenters. The predicted molar refractivity (Wildman–Crippen MR) is 97.8 cm³/mol. The van der Waals surface area contributed by atoms with E-state index in [9.17, 15) is 4.79 Å². The maximum atomic E-state index is 12.3. The summed E-state index contributed by atoms with van der Waals surface area (Å²) >= 11 is 0. The van der Waals surface area contributed by atoms with Gasteiger partial charge < -0.3 is 19.5 Å². The molecule has 2 aromatic heterocycles. The fourth-order valence-corrected chi connectivity index (χ4v) is 3.19. The van der Waals surface area contributed by atoms with Crippen LogP contribution in [0.1, 0.15) is 35.6 Å². The molecule has 0 saturated carbocycles. The molecular formula is C19H26N4O2. The molecule has 0 aromatic carbocycles. The highest BCUT2D eigenvalue weighted by molar-refractivity contribution is 5.94. The molecule has 2 aromatic rings. The van der Waals surface area contributed by atoms with Gasteiger partial charge in [0.05, 0.1) is 24.3 Å². The zero-order chi connectivity index (χ0) is 18.0. The first-order chi connectivity index (χ1) is 11.9. The number of nitrogens with zero attached hydrogens (tertiary/aromatic N) is 3. The molecule has 25 heavy (non-hydrogen) atoms. The summed E-state index contributed by atoms with van der Waals surface area (Å²) in [7, 11) is 2.00. The van der Waals surface area contributed by atoms with Gasteiger partial charge in [0.2, 0.25) is 0 Å². The third-order valence-corrected chi connectivity index (χ3v) is 4.66. The van der Waals surface area contributed by atoms with E-state index in [4.69, 9.17) is 4.74 Å². The van der Waals surface area contributed by atoms with Crippen molar-refractivity contribution in [1.82, 2.24) is 14.9 Å². The molecule has 0 radical (unpaired) electrons. The maximum Gasteiger partial charge on any atom is 0.253 e. The van der Waals surface area contributed by atoms with Crippen molar-refractivity contribution in [2.75, 3.05) is 18.0 Å². The number of carbonyl (C=O) groups excluding carboxylic acids is 1. The fourth-order valence-electron chi connectivity index (χ4n) is 3.19. The van der Waals surface area contributed by atoms with Crippen LogP contribution in [0.3, 0.4) is 0 Å². The number of carbonyl (C=O) groups is 1. The molecule has 6 nitrogen and oxygen atoms in total. The van der Waals surface area contributed by atoms with E-state index in [1.165, 1.54) is 5.69 Å². The Balaban J connectivity index is 1.61. The van der Waals surface area contributed by atoms with Crippen LogP contribution < -0.4 is 10.2 Å². The minimum Gasteiger partial charge on any atom is -0.372 e. The Hall–Kier alpha value is -2.34. The molecule has 1 N–H and O–H groups in total. The Labute approximate surface area is 148 Å². The number of anilines is 1.